The van der Waals surface area contributed by atoms with Crippen molar-refractivity contribution in [2.45, 2.75) is 12.5 Å². The lowest BCUT2D eigenvalue weighted by molar-refractivity contribution is -0.145. The molecule has 16 heavy (non-hydrogen) atoms. The fraction of sp³-hybridized carbons (Fsp3) is 0.600. The lowest BCUT2D eigenvalue weighted by atomic mass is 10.1. The Hall–Kier alpha value is -1.07. The van der Waals surface area contributed by atoms with Crippen LogP contribution in [0.15, 0.2) is 11.6 Å². The van der Waals surface area contributed by atoms with Gasteiger partial charge in [-0.25, -0.2) is 0 Å². The van der Waals surface area contributed by atoms with Gasteiger partial charge < -0.3 is 10.1 Å². The molecule has 0 saturated carbocycles. The summed E-state index contributed by atoms with van der Waals surface area (Å²) in [6.07, 6.45) is 1.81. The predicted octanol–water partition coefficient (Wildman–Crippen LogP) is 0.102. The smallest absolute Gasteiger partial charge is 0.307 e. The number of methoxy groups -OCH3 is 1. The van der Waals surface area contributed by atoms with E-state index in [-0.39, 0.29) is 18.3 Å². The summed E-state index contributed by atoms with van der Waals surface area (Å²) in [6, 6.07) is -0.464. The van der Waals surface area contributed by atoms with Gasteiger partial charge >= 0.3 is 5.97 Å². The third kappa shape index (κ3) is 3.50. The third-order valence-corrected chi connectivity index (χ3v) is 2.64. The number of carbonyl (C=O) groups is 2. The van der Waals surface area contributed by atoms with Crippen LogP contribution in [-0.2, 0) is 14.3 Å². The van der Waals surface area contributed by atoms with E-state index < -0.39 is 6.04 Å². The fourth-order valence-corrected chi connectivity index (χ4v) is 1.70. The lowest BCUT2D eigenvalue weighted by Gasteiger charge is -2.33. The normalized spacial score (nSPS) is 22.1. The van der Waals surface area contributed by atoms with Gasteiger partial charge in [0, 0.05) is 25.2 Å². The molecular weight excluding hydrogens is 232 g/mol. The number of hydrogen-bond acceptors (Lipinski definition) is 4. The van der Waals surface area contributed by atoms with Crippen molar-refractivity contribution in [1.82, 2.24) is 10.2 Å². The molecule has 1 fully saturated rings. The standard InChI is InChI=1S/C10H15ClN2O3/c1-16-9(14)7-8-10(15)12-4-6-13(8)5-2-3-11/h2-3,8H,4-7H2,1H3,(H,12,15)/b3-2+. The van der Waals surface area contributed by atoms with Gasteiger partial charge in [0.2, 0.25) is 5.91 Å². The first-order valence-electron chi connectivity index (χ1n) is 5.03. The van der Waals surface area contributed by atoms with Gasteiger partial charge in [-0.3, -0.25) is 14.5 Å². The quantitative estimate of drug-likeness (QED) is 0.715. The molecule has 1 heterocycles. The third-order valence-electron chi connectivity index (χ3n) is 2.46. The number of carbonyl (C=O) groups excluding carboxylic acids is 2. The number of amides is 1. The van der Waals surface area contributed by atoms with Gasteiger partial charge in [0.25, 0.3) is 0 Å². The average Bonchev–Trinajstić information content (AvgIpc) is 2.29. The summed E-state index contributed by atoms with van der Waals surface area (Å²) in [6.45, 7) is 1.85. The highest BCUT2D eigenvalue weighted by molar-refractivity contribution is 6.25. The van der Waals surface area contributed by atoms with Gasteiger partial charge in [0.05, 0.1) is 19.6 Å². The maximum atomic E-state index is 11.6. The monoisotopic (exact) mass is 246 g/mol. The number of piperazine rings is 1. The van der Waals surface area contributed by atoms with Crippen molar-refractivity contribution in [3.8, 4) is 0 Å². The highest BCUT2D eigenvalue weighted by Gasteiger charge is 2.31. The Balaban J connectivity index is 2.63. The molecule has 0 aliphatic carbocycles. The van der Waals surface area contributed by atoms with Crippen molar-refractivity contribution in [3.63, 3.8) is 0 Å². The van der Waals surface area contributed by atoms with Gasteiger partial charge in [-0.05, 0) is 0 Å². The van der Waals surface area contributed by atoms with Gasteiger partial charge in [-0.15, -0.1) is 0 Å². The highest BCUT2D eigenvalue weighted by Crippen LogP contribution is 2.09. The number of nitrogens with zero attached hydrogens (tertiary/aromatic N) is 1. The van der Waals surface area contributed by atoms with Gasteiger partial charge in [-0.2, -0.15) is 0 Å². The Morgan fingerprint density at radius 2 is 2.50 bits per heavy atom. The summed E-state index contributed by atoms with van der Waals surface area (Å²) in [5, 5.41) is 2.72. The first-order valence-corrected chi connectivity index (χ1v) is 5.46. The van der Waals surface area contributed by atoms with Crippen LogP contribution in [-0.4, -0.2) is 49.6 Å². The largest absolute Gasteiger partial charge is 0.469 e. The minimum absolute atomic E-state index is 0.0679. The Kier molecular flexibility index (Phi) is 5.28. The molecule has 1 N–H and O–H groups in total. The first kappa shape index (κ1) is 13.0. The molecule has 1 aliphatic rings. The second kappa shape index (κ2) is 6.50. The number of esters is 1. The Morgan fingerprint density at radius 1 is 1.75 bits per heavy atom. The molecule has 0 aromatic rings. The van der Waals surface area contributed by atoms with Crippen LogP contribution < -0.4 is 5.32 Å². The summed E-state index contributed by atoms with van der Waals surface area (Å²) in [5.41, 5.74) is 1.40. The van der Waals surface area contributed by atoms with Crippen LogP contribution in [0.5, 0.6) is 0 Å². The zero-order chi connectivity index (χ0) is 12.0. The number of halogens is 1. The second-order valence-corrected chi connectivity index (χ2v) is 3.70. The van der Waals surface area contributed by atoms with Gasteiger partial charge in [0.15, 0.2) is 0 Å². The number of hydrogen-bond donors (Lipinski definition) is 1. The molecule has 6 heteroatoms. The molecule has 1 rings (SSSR count). The SMILES string of the molecule is COC(=O)CC1C(=O)NCCN1C/C=C/Cl. The van der Waals surface area contributed by atoms with Crippen LogP contribution in [0, 0.1) is 0 Å². The average molecular weight is 247 g/mol. The molecular formula is C10H15ClN2O3. The van der Waals surface area contributed by atoms with E-state index in [0.717, 1.165) is 0 Å². The molecule has 90 valence electrons. The maximum absolute atomic E-state index is 11.6. The van der Waals surface area contributed by atoms with Crippen LogP contribution in [0.4, 0.5) is 0 Å². The Bertz CT molecular complexity index is 294. The molecule has 0 aromatic carbocycles. The van der Waals surface area contributed by atoms with Crippen LogP contribution in [0.25, 0.3) is 0 Å². The van der Waals surface area contributed by atoms with Gasteiger partial charge in [0.1, 0.15) is 0 Å². The number of rotatable bonds is 4. The van der Waals surface area contributed by atoms with E-state index in [9.17, 15) is 9.59 Å². The summed E-state index contributed by atoms with van der Waals surface area (Å²) < 4.78 is 4.56. The van der Waals surface area contributed by atoms with E-state index in [1.54, 1.807) is 6.08 Å². The molecule has 0 spiro atoms. The van der Waals surface area contributed by atoms with Crippen molar-refractivity contribution < 1.29 is 14.3 Å². The molecule has 1 atom stereocenters. The highest BCUT2D eigenvalue weighted by atomic mass is 35.5. The Labute approximate surface area is 99.4 Å². The maximum Gasteiger partial charge on any atom is 0.307 e. The summed E-state index contributed by atoms with van der Waals surface area (Å²) in [7, 11) is 1.31. The lowest BCUT2D eigenvalue weighted by Crippen LogP contribution is -2.55. The van der Waals surface area contributed by atoms with Crippen molar-refractivity contribution >= 4 is 23.5 Å². The molecule has 5 nitrogen and oxygen atoms in total. The summed E-state index contributed by atoms with van der Waals surface area (Å²) in [4.78, 5) is 24.7. The molecule has 1 saturated heterocycles. The first-order chi connectivity index (χ1) is 7.69. The van der Waals surface area contributed by atoms with Crippen LogP contribution in [0.2, 0.25) is 0 Å². The van der Waals surface area contributed by atoms with Gasteiger partial charge in [-0.1, -0.05) is 17.7 Å². The van der Waals surface area contributed by atoms with Crippen molar-refractivity contribution in [2.24, 2.45) is 0 Å². The van der Waals surface area contributed by atoms with E-state index in [2.05, 4.69) is 10.1 Å². The summed E-state index contributed by atoms with van der Waals surface area (Å²) >= 11 is 5.44. The number of nitrogens with one attached hydrogen (secondary N) is 1. The summed E-state index contributed by atoms with van der Waals surface area (Å²) in [5.74, 6) is -0.526. The predicted molar refractivity (Wildman–Crippen MR) is 60.0 cm³/mol. The number of ether oxygens (including phenoxy) is 1. The van der Waals surface area contributed by atoms with E-state index >= 15 is 0 Å². The van der Waals surface area contributed by atoms with Crippen LogP contribution in [0.3, 0.4) is 0 Å². The topological polar surface area (TPSA) is 58.6 Å². The van der Waals surface area contributed by atoms with Crippen molar-refractivity contribution in [1.29, 1.82) is 0 Å². The van der Waals surface area contributed by atoms with E-state index in [1.165, 1.54) is 12.6 Å². The van der Waals surface area contributed by atoms with Crippen molar-refractivity contribution in [2.75, 3.05) is 26.7 Å². The minimum Gasteiger partial charge on any atom is -0.469 e. The molecule has 1 amide bonds. The zero-order valence-electron chi connectivity index (χ0n) is 9.11. The Morgan fingerprint density at radius 3 is 3.12 bits per heavy atom. The van der Waals surface area contributed by atoms with E-state index in [0.29, 0.717) is 19.6 Å². The zero-order valence-corrected chi connectivity index (χ0v) is 9.87. The molecule has 1 unspecified atom stereocenters. The molecule has 0 bridgehead atoms. The molecule has 0 radical (unpaired) electrons. The van der Waals surface area contributed by atoms with Crippen LogP contribution >= 0.6 is 11.6 Å². The van der Waals surface area contributed by atoms with Crippen LogP contribution in [0.1, 0.15) is 6.42 Å². The second-order valence-electron chi connectivity index (χ2n) is 3.44. The van der Waals surface area contributed by atoms with E-state index in [1.807, 2.05) is 4.90 Å². The van der Waals surface area contributed by atoms with Crippen molar-refractivity contribution in [3.05, 3.63) is 11.6 Å². The minimum atomic E-state index is -0.464. The molecule has 1 aliphatic heterocycles. The van der Waals surface area contributed by atoms with E-state index in [4.69, 9.17) is 11.6 Å². The molecule has 0 aromatic heterocycles. The fourth-order valence-electron chi connectivity index (χ4n) is 1.62.